The largest absolute Gasteiger partial charge is 0.534 e. The van der Waals surface area contributed by atoms with Gasteiger partial charge in [-0.1, -0.05) is 37.1 Å². The second-order valence-corrected chi connectivity index (χ2v) is 11.9. The molecule has 0 amide bonds. The maximum absolute atomic E-state index is 12.7. The molecule has 13 heteroatoms. The monoisotopic (exact) mass is 572 g/mol. The lowest BCUT2D eigenvalue weighted by molar-refractivity contribution is -0.0500. The van der Waals surface area contributed by atoms with Crippen molar-refractivity contribution < 1.29 is 30.2 Å². The number of nitrogens with zero attached hydrogens (tertiary/aromatic N) is 3. The SMILES string of the molecule is Cc1cc(-c2nnc(SCCCCCCC3NCCc4ccc(OS(=O)(=O)C(F)(F)F)cc43)n2C)c(C)o1. The standard InChI is InChI=1S/C25H31F3N4O4S2/c1-16-14-20(17(2)35-16)23-30-31-24(32(23)3)37-13-7-5-4-6-8-22-21-15-19(10-9-18(21)11-12-29-22)36-38(33,34)25(26,27)28/h9-10,14-15,22,29H,4-8,11-13H2,1-3H3. The Balaban J connectivity index is 1.23. The van der Waals surface area contributed by atoms with Crippen molar-refractivity contribution in [1.29, 1.82) is 0 Å². The Bertz CT molecular complexity index is 1370. The molecule has 3 heterocycles. The minimum absolute atomic E-state index is 0.0580. The second-order valence-electron chi connectivity index (χ2n) is 9.34. The fourth-order valence-electron chi connectivity index (χ4n) is 4.59. The highest BCUT2D eigenvalue weighted by atomic mass is 32.2. The summed E-state index contributed by atoms with van der Waals surface area (Å²) < 4.78 is 72.8. The Hall–Kier alpha value is -2.51. The van der Waals surface area contributed by atoms with Crippen LogP contribution in [0.3, 0.4) is 0 Å². The molecule has 0 saturated heterocycles. The summed E-state index contributed by atoms with van der Waals surface area (Å²) in [7, 11) is -3.75. The lowest BCUT2D eigenvalue weighted by Gasteiger charge is -2.27. The zero-order chi connectivity index (χ0) is 27.5. The summed E-state index contributed by atoms with van der Waals surface area (Å²) in [6, 6.07) is 6.24. The Morgan fingerprint density at radius 2 is 1.92 bits per heavy atom. The van der Waals surface area contributed by atoms with Crippen molar-refractivity contribution in [1.82, 2.24) is 20.1 Å². The molecule has 0 bridgehead atoms. The first-order chi connectivity index (χ1) is 18.0. The van der Waals surface area contributed by atoms with Crippen LogP contribution in [0.15, 0.2) is 33.8 Å². The average Bonchev–Trinajstić information content (AvgIpc) is 3.37. The fourth-order valence-corrected chi connectivity index (χ4v) is 5.96. The molecule has 4 rings (SSSR count). The van der Waals surface area contributed by atoms with Gasteiger partial charge in [-0.15, -0.1) is 10.2 Å². The molecule has 1 N–H and O–H groups in total. The Kier molecular flexibility index (Phi) is 8.78. The Labute approximate surface area is 224 Å². The molecule has 1 atom stereocenters. The van der Waals surface area contributed by atoms with Gasteiger partial charge in [0, 0.05) is 18.8 Å². The summed E-state index contributed by atoms with van der Waals surface area (Å²) in [5.41, 5.74) is -2.73. The minimum atomic E-state index is -5.70. The molecule has 1 aromatic carbocycles. The first-order valence-electron chi connectivity index (χ1n) is 12.4. The number of thioether (sulfide) groups is 1. The van der Waals surface area contributed by atoms with Gasteiger partial charge in [0.1, 0.15) is 17.3 Å². The van der Waals surface area contributed by atoms with Gasteiger partial charge in [0.2, 0.25) is 0 Å². The molecule has 0 spiro atoms. The number of furan rings is 1. The quantitative estimate of drug-likeness (QED) is 0.132. The molecule has 1 aliphatic rings. The van der Waals surface area contributed by atoms with Crippen molar-refractivity contribution in [2.45, 2.75) is 69.1 Å². The van der Waals surface area contributed by atoms with Crippen LogP contribution in [0.25, 0.3) is 11.4 Å². The van der Waals surface area contributed by atoms with Crippen molar-refractivity contribution in [3.63, 3.8) is 0 Å². The zero-order valence-corrected chi connectivity index (χ0v) is 23.1. The van der Waals surface area contributed by atoms with E-state index in [0.717, 1.165) is 90.0 Å². The molecule has 38 heavy (non-hydrogen) atoms. The molecular formula is C25H31F3N4O4S2. The van der Waals surface area contributed by atoms with E-state index < -0.39 is 15.6 Å². The highest BCUT2D eigenvalue weighted by Crippen LogP contribution is 2.33. The summed E-state index contributed by atoms with van der Waals surface area (Å²) in [5.74, 6) is 3.03. The predicted molar refractivity (Wildman–Crippen MR) is 138 cm³/mol. The number of fused-ring (bicyclic) bond motifs is 1. The highest BCUT2D eigenvalue weighted by Gasteiger charge is 2.48. The van der Waals surface area contributed by atoms with Crippen molar-refractivity contribution >= 4 is 21.9 Å². The molecule has 0 radical (unpaired) electrons. The van der Waals surface area contributed by atoms with E-state index in [1.165, 1.54) is 12.1 Å². The highest BCUT2D eigenvalue weighted by molar-refractivity contribution is 7.99. The van der Waals surface area contributed by atoms with Gasteiger partial charge in [0.25, 0.3) is 0 Å². The first-order valence-corrected chi connectivity index (χ1v) is 14.8. The molecule has 0 aliphatic carbocycles. The van der Waals surface area contributed by atoms with E-state index in [2.05, 4.69) is 19.7 Å². The Morgan fingerprint density at radius 3 is 2.63 bits per heavy atom. The fraction of sp³-hybridized carbons (Fsp3) is 0.520. The van der Waals surface area contributed by atoms with E-state index >= 15 is 0 Å². The number of hydrogen-bond donors (Lipinski definition) is 1. The van der Waals surface area contributed by atoms with Crippen LogP contribution in [0, 0.1) is 13.8 Å². The summed E-state index contributed by atoms with van der Waals surface area (Å²) >= 11 is 1.66. The normalized spacial score (nSPS) is 16.0. The lowest BCUT2D eigenvalue weighted by atomic mass is 9.91. The summed E-state index contributed by atoms with van der Waals surface area (Å²) in [6.07, 6.45) is 5.50. The molecule has 3 aromatic rings. The van der Waals surface area contributed by atoms with Crippen LogP contribution in [-0.4, -0.2) is 41.0 Å². The van der Waals surface area contributed by atoms with Crippen LogP contribution in [0.5, 0.6) is 5.75 Å². The maximum Gasteiger partial charge on any atom is 0.534 e. The van der Waals surface area contributed by atoms with Gasteiger partial charge in [-0.2, -0.15) is 21.6 Å². The zero-order valence-electron chi connectivity index (χ0n) is 21.5. The number of hydrogen-bond acceptors (Lipinski definition) is 8. The van der Waals surface area contributed by atoms with Crippen molar-refractivity contribution in [2.24, 2.45) is 7.05 Å². The molecule has 0 saturated carbocycles. The van der Waals surface area contributed by atoms with Crippen LogP contribution in [0.4, 0.5) is 13.2 Å². The number of rotatable bonds is 11. The van der Waals surface area contributed by atoms with Crippen LogP contribution in [0.1, 0.15) is 60.8 Å². The number of benzene rings is 1. The average molecular weight is 573 g/mol. The van der Waals surface area contributed by atoms with Gasteiger partial charge in [-0.05, 0) is 69.0 Å². The van der Waals surface area contributed by atoms with Crippen molar-refractivity contribution in [2.75, 3.05) is 12.3 Å². The van der Waals surface area contributed by atoms with Gasteiger partial charge >= 0.3 is 15.6 Å². The molecule has 1 unspecified atom stereocenters. The van der Waals surface area contributed by atoms with Gasteiger partial charge in [-0.3, -0.25) is 0 Å². The predicted octanol–water partition coefficient (Wildman–Crippen LogP) is 5.85. The summed E-state index contributed by atoms with van der Waals surface area (Å²) in [4.78, 5) is 0. The van der Waals surface area contributed by atoms with E-state index in [4.69, 9.17) is 4.42 Å². The van der Waals surface area contributed by atoms with Crippen LogP contribution >= 0.6 is 11.8 Å². The van der Waals surface area contributed by atoms with Gasteiger partial charge in [0.05, 0.1) is 5.56 Å². The number of unbranched alkanes of at least 4 members (excludes halogenated alkanes) is 3. The second kappa shape index (κ2) is 11.7. The van der Waals surface area contributed by atoms with Crippen LogP contribution < -0.4 is 9.50 Å². The number of aryl methyl sites for hydroxylation is 2. The number of alkyl halides is 3. The molecule has 0 fully saturated rings. The van der Waals surface area contributed by atoms with Crippen molar-refractivity contribution in [3.05, 3.63) is 46.9 Å². The van der Waals surface area contributed by atoms with Gasteiger partial charge in [-0.25, -0.2) is 0 Å². The lowest BCUT2D eigenvalue weighted by Crippen LogP contribution is -2.30. The number of aromatic nitrogens is 3. The van der Waals surface area contributed by atoms with E-state index in [0.29, 0.717) is 0 Å². The topological polar surface area (TPSA) is 99.3 Å². The smallest absolute Gasteiger partial charge is 0.466 e. The third-order valence-corrected chi connectivity index (χ3v) is 8.59. The summed E-state index contributed by atoms with van der Waals surface area (Å²) in [6.45, 7) is 4.58. The van der Waals surface area contributed by atoms with Crippen molar-refractivity contribution in [3.8, 4) is 17.1 Å². The minimum Gasteiger partial charge on any atom is -0.466 e. The van der Waals surface area contributed by atoms with E-state index in [9.17, 15) is 21.6 Å². The summed E-state index contributed by atoms with van der Waals surface area (Å²) in [5, 5.41) is 12.9. The number of halogens is 3. The molecule has 1 aliphatic heterocycles. The molecule has 2 aromatic heterocycles. The Morgan fingerprint density at radius 1 is 1.16 bits per heavy atom. The maximum atomic E-state index is 12.7. The molecule has 208 valence electrons. The van der Waals surface area contributed by atoms with E-state index in [1.807, 2.05) is 31.5 Å². The third-order valence-electron chi connectivity index (χ3n) is 6.50. The molecule has 8 nitrogen and oxygen atoms in total. The third kappa shape index (κ3) is 6.55. The van der Waals surface area contributed by atoms with E-state index in [-0.39, 0.29) is 11.8 Å². The van der Waals surface area contributed by atoms with Gasteiger partial charge < -0.3 is 18.5 Å². The number of nitrogens with one attached hydrogen (secondary N) is 1. The van der Waals surface area contributed by atoms with Crippen LogP contribution in [0.2, 0.25) is 0 Å². The first kappa shape index (κ1) is 28.5. The van der Waals surface area contributed by atoms with Crippen LogP contribution in [-0.2, 0) is 23.6 Å². The van der Waals surface area contributed by atoms with E-state index in [1.54, 1.807) is 17.8 Å². The van der Waals surface area contributed by atoms with Gasteiger partial charge in [0.15, 0.2) is 11.0 Å². The molecular weight excluding hydrogens is 541 g/mol.